The Bertz CT molecular complexity index is 626. The normalized spacial score (nSPS) is 10.8. The average Bonchev–Trinajstić information content (AvgIpc) is 2.29. The molecule has 0 radical (unpaired) electrons. The van der Waals surface area contributed by atoms with Gasteiger partial charge in [0.15, 0.2) is 5.16 Å². The van der Waals surface area contributed by atoms with Crippen LogP contribution in [0, 0.1) is 20.8 Å². The largest absolute Gasteiger partial charge is 0.549 e. The third-order valence-corrected chi connectivity index (χ3v) is 3.62. The fourth-order valence-corrected chi connectivity index (χ4v) is 2.31. The van der Waals surface area contributed by atoms with Crippen molar-refractivity contribution in [2.24, 2.45) is 0 Å². The maximum Gasteiger partial charge on any atom is 0.188 e. The molecule has 18 heavy (non-hydrogen) atoms. The number of carbonyl (C=O) groups excluding carboxylic acids is 1. The highest BCUT2D eigenvalue weighted by Crippen LogP contribution is 2.23. The van der Waals surface area contributed by atoms with Crippen LogP contribution in [0.5, 0.6) is 0 Å². The second-order valence-electron chi connectivity index (χ2n) is 4.21. The minimum Gasteiger partial charge on any atom is -0.549 e. The molecule has 0 saturated heterocycles. The molecule has 0 bridgehead atoms. The first-order chi connectivity index (χ1) is 8.47. The van der Waals surface area contributed by atoms with Crippen molar-refractivity contribution >= 4 is 28.6 Å². The molecule has 0 atom stereocenters. The van der Waals surface area contributed by atoms with Crippen molar-refractivity contribution in [2.45, 2.75) is 25.9 Å². The lowest BCUT2D eigenvalue weighted by molar-refractivity contribution is -0.301. The summed E-state index contributed by atoms with van der Waals surface area (Å²) in [5.74, 6) is -1.24. The first-order valence-electron chi connectivity index (χ1n) is 5.55. The highest BCUT2D eigenvalue weighted by Gasteiger charge is 2.07. The SMILES string of the molecule is Cc1cc2nc(SCC(=O)[O-])nc(C)c2cc1C. The van der Waals surface area contributed by atoms with Crippen LogP contribution in [0.25, 0.3) is 10.9 Å². The summed E-state index contributed by atoms with van der Waals surface area (Å²) >= 11 is 1.08. The van der Waals surface area contributed by atoms with Crippen molar-refractivity contribution in [3.63, 3.8) is 0 Å². The van der Waals surface area contributed by atoms with Crippen molar-refractivity contribution in [1.29, 1.82) is 0 Å². The number of fused-ring (bicyclic) bond motifs is 1. The molecule has 1 aromatic carbocycles. The number of benzene rings is 1. The van der Waals surface area contributed by atoms with Crippen LogP contribution in [0.3, 0.4) is 0 Å². The van der Waals surface area contributed by atoms with Crippen LogP contribution in [0.1, 0.15) is 16.8 Å². The van der Waals surface area contributed by atoms with Crippen LogP contribution in [-0.4, -0.2) is 21.7 Å². The van der Waals surface area contributed by atoms with Gasteiger partial charge in [0, 0.05) is 16.8 Å². The molecule has 0 aliphatic carbocycles. The summed E-state index contributed by atoms with van der Waals surface area (Å²) in [6, 6.07) is 4.07. The topological polar surface area (TPSA) is 65.9 Å². The van der Waals surface area contributed by atoms with E-state index in [4.69, 9.17) is 0 Å². The molecule has 0 unspecified atom stereocenters. The summed E-state index contributed by atoms with van der Waals surface area (Å²) < 4.78 is 0. The third kappa shape index (κ3) is 2.61. The summed E-state index contributed by atoms with van der Waals surface area (Å²) in [5.41, 5.74) is 4.08. The molecule has 0 amide bonds. The van der Waals surface area contributed by atoms with E-state index in [-0.39, 0.29) is 5.75 Å². The number of hydrogen-bond donors (Lipinski definition) is 0. The predicted octanol–water partition coefficient (Wildman–Crippen LogP) is 1.40. The lowest BCUT2D eigenvalue weighted by Gasteiger charge is -2.08. The number of rotatable bonds is 3. The van der Waals surface area contributed by atoms with Gasteiger partial charge in [0.25, 0.3) is 0 Å². The van der Waals surface area contributed by atoms with Gasteiger partial charge in [-0.05, 0) is 44.0 Å². The van der Waals surface area contributed by atoms with Crippen LogP contribution in [-0.2, 0) is 4.79 Å². The standard InChI is InChI=1S/C13H14N2O2S/c1-7-4-10-9(3)14-13(18-6-12(16)17)15-11(10)5-8(7)2/h4-5H,6H2,1-3H3,(H,16,17)/p-1. The fourth-order valence-electron chi connectivity index (χ4n) is 1.70. The van der Waals surface area contributed by atoms with Gasteiger partial charge in [0.2, 0.25) is 0 Å². The number of carbonyl (C=O) groups is 1. The first-order valence-corrected chi connectivity index (χ1v) is 6.54. The van der Waals surface area contributed by atoms with Crippen LogP contribution < -0.4 is 5.11 Å². The number of aliphatic carboxylic acids is 1. The van der Waals surface area contributed by atoms with E-state index >= 15 is 0 Å². The van der Waals surface area contributed by atoms with E-state index in [1.165, 1.54) is 5.56 Å². The van der Waals surface area contributed by atoms with Gasteiger partial charge in [0.05, 0.1) is 11.5 Å². The molecule has 2 rings (SSSR count). The van der Waals surface area contributed by atoms with Crippen molar-refractivity contribution in [2.75, 3.05) is 5.75 Å². The zero-order chi connectivity index (χ0) is 13.3. The number of aryl methyl sites for hydroxylation is 3. The zero-order valence-corrected chi connectivity index (χ0v) is 11.3. The molecule has 94 valence electrons. The van der Waals surface area contributed by atoms with Gasteiger partial charge in [-0.25, -0.2) is 9.97 Å². The minimum atomic E-state index is -1.11. The fraction of sp³-hybridized carbons (Fsp3) is 0.308. The van der Waals surface area contributed by atoms with E-state index in [2.05, 4.69) is 16.0 Å². The van der Waals surface area contributed by atoms with E-state index in [1.807, 2.05) is 26.8 Å². The number of aromatic nitrogens is 2. The minimum absolute atomic E-state index is 0.129. The molecule has 5 heteroatoms. The second kappa shape index (κ2) is 4.94. The van der Waals surface area contributed by atoms with E-state index in [9.17, 15) is 9.90 Å². The van der Waals surface area contributed by atoms with E-state index < -0.39 is 5.97 Å². The Kier molecular flexibility index (Phi) is 3.52. The molecule has 0 aliphatic heterocycles. The molecule has 0 N–H and O–H groups in total. The van der Waals surface area contributed by atoms with Crippen molar-refractivity contribution in [3.05, 3.63) is 29.0 Å². The van der Waals surface area contributed by atoms with Crippen LogP contribution >= 0.6 is 11.8 Å². The van der Waals surface area contributed by atoms with Crippen molar-refractivity contribution in [3.8, 4) is 0 Å². The van der Waals surface area contributed by atoms with Gasteiger partial charge in [-0.2, -0.15) is 0 Å². The predicted molar refractivity (Wildman–Crippen MR) is 69.5 cm³/mol. The number of thioether (sulfide) groups is 1. The first kappa shape index (κ1) is 12.8. The smallest absolute Gasteiger partial charge is 0.188 e. The Labute approximate surface area is 109 Å². The maximum absolute atomic E-state index is 10.4. The molecule has 0 fully saturated rings. The van der Waals surface area contributed by atoms with Crippen LogP contribution in [0.4, 0.5) is 0 Å². The quantitative estimate of drug-likeness (QED) is 0.617. The third-order valence-electron chi connectivity index (χ3n) is 2.80. The Morgan fingerprint density at radius 3 is 2.56 bits per heavy atom. The number of nitrogens with zero attached hydrogens (tertiary/aromatic N) is 2. The molecule has 0 spiro atoms. The van der Waals surface area contributed by atoms with Gasteiger partial charge in [-0.1, -0.05) is 11.8 Å². The monoisotopic (exact) mass is 261 g/mol. The van der Waals surface area contributed by atoms with Gasteiger partial charge in [-0.15, -0.1) is 0 Å². The molecule has 0 saturated carbocycles. The van der Waals surface area contributed by atoms with E-state index in [0.717, 1.165) is 33.9 Å². The highest BCUT2D eigenvalue weighted by atomic mass is 32.2. The second-order valence-corrected chi connectivity index (χ2v) is 5.15. The summed E-state index contributed by atoms with van der Waals surface area (Å²) in [5, 5.41) is 11.9. The average molecular weight is 261 g/mol. The lowest BCUT2D eigenvalue weighted by Crippen LogP contribution is -2.24. The molecular formula is C13H13N2O2S-. The molecular weight excluding hydrogens is 248 g/mol. The van der Waals surface area contributed by atoms with Gasteiger partial charge in [-0.3, -0.25) is 0 Å². The molecule has 1 aromatic heterocycles. The Balaban J connectivity index is 2.48. The molecule has 4 nitrogen and oxygen atoms in total. The van der Waals surface area contributed by atoms with Gasteiger partial charge in [0.1, 0.15) is 0 Å². The van der Waals surface area contributed by atoms with E-state index in [0.29, 0.717) is 5.16 Å². The van der Waals surface area contributed by atoms with Gasteiger partial charge >= 0.3 is 0 Å². The number of carboxylic acids is 1. The van der Waals surface area contributed by atoms with E-state index in [1.54, 1.807) is 0 Å². The Hall–Kier alpha value is -1.62. The molecule has 0 aliphatic rings. The lowest BCUT2D eigenvalue weighted by atomic mass is 10.1. The Morgan fingerprint density at radius 2 is 1.89 bits per heavy atom. The van der Waals surface area contributed by atoms with Crippen molar-refractivity contribution in [1.82, 2.24) is 9.97 Å². The summed E-state index contributed by atoms with van der Waals surface area (Å²) in [7, 11) is 0. The summed E-state index contributed by atoms with van der Waals surface area (Å²) in [6.07, 6.45) is 0. The molecule has 2 aromatic rings. The van der Waals surface area contributed by atoms with Crippen LogP contribution in [0.2, 0.25) is 0 Å². The van der Waals surface area contributed by atoms with Gasteiger partial charge < -0.3 is 9.90 Å². The van der Waals surface area contributed by atoms with Crippen LogP contribution in [0.15, 0.2) is 17.3 Å². The Morgan fingerprint density at radius 1 is 1.22 bits per heavy atom. The zero-order valence-electron chi connectivity index (χ0n) is 10.5. The number of carboxylic acid groups (broad SMARTS) is 1. The highest BCUT2D eigenvalue weighted by molar-refractivity contribution is 7.99. The van der Waals surface area contributed by atoms with Crippen molar-refractivity contribution < 1.29 is 9.90 Å². The summed E-state index contributed by atoms with van der Waals surface area (Å²) in [4.78, 5) is 19.1. The maximum atomic E-state index is 10.4. The summed E-state index contributed by atoms with van der Waals surface area (Å²) in [6.45, 7) is 5.98. The number of hydrogen-bond acceptors (Lipinski definition) is 5. The molecule has 1 heterocycles.